The topological polar surface area (TPSA) is 17.0 Å². The van der Waals surface area contributed by atoms with Gasteiger partial charge in [0.25, 0.3) is 0 Å². The number of pyridine rings is 1. The average molecular weight is 443 g/mol. The highest BCUT2D eigenvalue weighted by Gasteiger charge is 2.29. The molecule has 5 rings (SSSR count). The summed E-state index contributed by atoms with van der Waals surface area (Å²) in [6.45, 7) is 13.7. The van der Waals surface area contributed by atoms with Crippen LogP contribution in [-0.2, 0) is 7.05 Å². The van der Waals surface area contributed by atoms with E-state index in [9.17, 15) is 4.39 Å². The quantitative estimate of drug-likeness (QED) is 0.216. The molecule has 2 nitrogen and oxygen atoms in total. The molecule has 0 radical (unpaired) electrons. The van der Waals surface area contributed by atoms with E-state index in [0.717, 1.165) is 27.6 Å². The molecule has 162 valence electrons. The van der Waals surface area contributed by atoms with Crippen LogP contribution in [0.4, 0.5) is 4.39 Å². The van der Waals surface area contributed by atoms with Crippen LogP contribution in [0, 0.1) is 26.6 Å². The van der Waals surface area contributed by atoms with Gasteiger partial charge in [-0.05, 0) is 61.4 Å². The molecule has 0 spiro atoms. The summed E-state index contributed by atoms with van der Waals surface area (Å²) in [4.78, 5) is 0. The second-order valence-corrected chi connectivity index (χ2v) is 15.1. The van der Waals surface area contributed by atoms with E-state index in [0.29, 0.717) is 5.58 Å². The van der Waals surface area contributed by atoms with E-state index in [1.165, 1.54) is 44.9 Å². The molecule has 0 N–H and O–H groups in total. The first-order valence-electron chi connectivity index (χ1n) is 11.1. The maximum atomic E-state index is 13.9. The minimum absolute atomic E-state index is 0.279. The number of furan rings is 1. The van der Waals surface area contributed by atoms with Gasteiger partial charge in [0.2, 0.25) is 11.2 Å². The Morgan fingerprint density at radius 2 is 1.59 bits per heavy atom. The lowest BCUT2D eigenvalue weighted by molar-refractivity contribution is -0.633. The van der Waals surface area contributed by atoms with Gasteiger partial charge in [-0.15, -0.1) is 0 Å². The summed E-state index contributed by atoms with van der Waals surface area (Å²) in [7, 11) is 0.497. The molecule has 0 saturated carbocycles. The predicted octanol–water partition coefficient (Wildman–Crippen LogP) is 6.84. The first-order valence-corrected chi connectivity index (χ1v) is 14.6. The van der Waals surface area contributed by atoms with Crippen molar-refractivity contribution in [2.45, 2.75) is 40.4 Å². The molecule has 4 heteroatoms. The van der Waals surface area contributed by atoms with Crippen molar-refractivity contribution >= 4 is 46.1 Å². The first kappa shape index (κ1) is 20.9. The molecule has 5 aromatic rings. The highest BCUT2D eigenvalue weighted by molar-refractivity contribution is 6.90. The average Bonchev–Trinajstić information content (AvgIpc) is 3.05. The number of fused-ring (bicyclic) bond motifs is 4. The molecule has 32 heavy (non-hydrogen) atoms. The summed E-state index contributed by atoms with van der Waals surface area (Å²) >= 11 is 0. The lowest BCUT2D eigenvalue weighted by Gasteiger charge is -2.20. The zero-order valence-corrected chi connectivity index (χ0v) is 20.9. The van der Waals surface area contributed by atoms with E-state index >= 15 is 0 Å². The van der Waals surface area contributed by atoms with Crippen molar-refractivity contribution in [2.75, 3.05) is 0 Å². The standard InChI is InChI=1S/C28H29FNOSi/c1-16-8-11-23-22(12-16)26(32(5,6)7)15-24(30(23)4)27-18(3)17(2)13-21-20-10-9-19(29)14-25(20)31-28(21)27/h8-15H,1-7H3/q+1. The number of aromatic nitrogens is 1. The van der Waals surface area contributed by atoms with Gasteiger partial charge in [-0.1, -0.05) is 31.3 Å². The molecule has 0 fully saturated rings. The number of halogens is 1. The van der Waals surface area contributed by atoms with Gasteiger partial charge in [0.1, 0.15) is 24.0 Å². The molecule has 0 bridgehead atoms. The zero-order chi connectivity index (χ0) is 22.9. The van der Waals surface area contributed by atoms with Crippen molar-refractivity contribution in [3.8, 4) is 11.3 Å². The van der Waals surface area contributed by atoms with Gasteiger partial charge >= 0.3 is 0 Å². The molecule has 0 amide bonds. The SMILES string of the molecule is Cc1ccc2c(c1)c([Si](C)(C)C)cc(-c1c(C)c(C)cc3c1oc1cc(F)ccc13)[n+]2C. The Morgan fingerprint density at radius 1 is 0.844 bits per heavy atom. The normalized spacial score (nSPS) is 12.4. The number of nitrogens with zero attached hydrogens (tertiary/aromatic N) is 1. The second-order valence-electron chi connectivity index (χ2n) is 10.1. The van der Waals surface area contributed by atoms with Crippen molar-refractivity contribution in [3.05, 3.63) is 71.0 Å². The summed E-state index contributed by atoms with van der Waals surface area (Å²) in [5.41, 5.74) is 8.57. The fourth-order valence-electron chi connectivity index (χ4n) is 4.88. The molecule has 0 unspecified atom stereocenters. The van der Waals surface area contributed by atoms with Crippen molar-refractivity contribution in [3.63, 3.8) is 0 Å². The van der Waals surface area contributed by atoms with Crippen LogP contribution >= 0.6 is 0 Å². The van der Waals surface area contributed by atoms with Crippen molar-refractivity contribution in [2.24, 2.45) is 7.05 Å². The molecule has 0 aliphatic rings. The third kappa shape index (κ3) is 3.08. The largest absolute Gasteiger partial charge is 0.455 e. The zero-order valence-electron chi connectivity index (χ0n) is 19.9. The van der Waals surface area contributed by atoms with E-state index < -0.39 is 8.07 Å². The molecule has 2 aromatic heterocycles. The third-order valence-electron chi connectivity index (χ3n) is 6.76. The number of aryl methyl sites for hydroxylation is 3. The molecule has 2 heterocycles. The van der Waals surface area contributed by atoms with E-state index in [2.05, 4.69) is 82.4 Å². The summed E-state index contributed by atoms with van der Waals surface area (Å²) in [5, 5.41) is 4.77. The van der Waals surface area contributed by atoms with Crippen molar-refractivity contribution in [1.29, 1.82) is 0 Å². The van der Waals surface area contributed by atoms with Crippen LogP contribution in [0.1, 0.15) is 16.7 Å². The van der Waals surface area contributed by atoms with Crippen LogP contribution in [0.25, 0.3) is 44.1 Å². The smallest absolute Gasteiger partial charge is 0.216 e. The summed E-state index contributed by atoms with van der Waals surface area (Å²) in [5.74, 6) is -0.279. The fraction of sp³-hybridized carbons (Fsp3) is 0.250. The molecule has 0 atom stereocenters. The Balaban J connectivity index is 1.97. The Morgan fingerprint density at radius 3 is 2.31 bits per heavy atom. The number of hydrogen-bond donors (Lipinski definition) is 0. The lowest BCUT2D eigenvalue weighted by atomic mass is 9.95. The molecular weight excluding hydrogens is 413 g/mol. The molecule has 0 aliphatic carbocycles. The van der Waals surface area contributed by atoms with Gasteiger partial charge in [0.15, 0.2) is 0 Å². The highest BCUT2D eigenvalue weighted by Crippen LogP contribution is 2.39. The van der Waals surface area contributed by atoms with Gasteiger partial charge in [-0.2, -0.15) is 4.57 Å². The Labute approximate surface area is 189 Å². The van der Waals surface area contributed by atoms with Crippen LogP contribution in [0.3, 0.4) is 0 Å². The van der Waals surface area contributed by atoms with Gasteiger partial charge in [-0.3, -0.25) is 0 Å². The van der Waals surface area contributed by atoms with Crippen LogP contribution in [0.15, 0.2) is 52.9 Å². The monoisotopic (exact) mass is 442 g/mol. The molecule has 3 aromatic carbocycles. The number of rotatable bonds is 2. The fourth-order valence-corrected chi connectivity index (χ4v) is 6.46. The van der Waals surface area contributed by atoms with E-state index in [1.54, 1.807) is 0 Å². The number of hydrogen-bond acceptors (Lipinski definition) is 1. The van der Waals surface area contributed by atoms with Crippen LogP contribution in [0.2, 0.25) is 19.6 Å². The van der Waals surface area contributed by atoms with Crippen LogP contribution in [-0.4, -0.2) is 8.07 Å². The van der Waals surface area contributed by atoms with Gasteiger partial charge < -0.3 is 4.42 Å². The van der Waals surface area contributed by atoms with E-state index in [4.69, 9.17) is 4.42 Å². The molecule has 0 aliphatic heterocycles. The van der Waals surface area contributed by atoms with E-state index in [1.807, 2.05) is 6.07 Å². The summed E-state index contributed by atoms with van der Waals surface area (Å²) in [6, 6.07) is 16.1. The minimum Gasteiger partial charge on any atom is -0.455 e. The summed E-state index contributed by atoms with van der Waals surface area (Å²) < 4.78 is 22.6. The van der Waals surface area contributed by atoms with Gasteiger partial charge in [0, 0.05) is 34.4 Å². The van der Waals surface area contributed by atoms with Crippen LogP contribution in [0.5, 0.6) is 0 Å². The lowest BCUT2D eigenvalue weighted by Crippen LogP contribution is -2.43. The van der Waals surface area contributed by atoms with Gasteiger partial charge in [-0.25, -0.2) is 4.39 Å². The first-order chi connectivity index (χ1) is 15.1. The number of benzene rings is 3. The van der Waals surface area contributed by atoms with E-state index in [-0.39, 0.29) is 5.82 Å². The third-order valence-corrected chi connectivity index (χ3v) is 8.78. The Hall–Kier alpha value is -2.98. The van der Waals surface area contributed by atoms with Crippen molar-refractivity contribution in [1.82, 2.24) is 0 Å². The summed E-state index contributed by atoms with van der Waals surface area (Å²) in [6.07, 6.45) is 0. The highest BCUT2D eigenvalue weighted by atomic mass is 28.3. The van der Waals surface area contributed by atoms with Crippen LogP contribution < -0.4 is 9.75 Å². The van der Waals surface area contributed by atoms with Gasteiger partial charge in [0.05, 0.1) is 13.6 Å². The molecule has 0 saturated heterocycles. The second kappa shape index (κ2) is 7.01. The minimum atomic E-state index is -1.64. The maximum Gasteiger partial charge on any atom is 0.216 e. The Kier molecular flexibility index (Phi) is 4.58. The Bertz CT molecular complexity index is 1560. The van der Waals surface area contributed by atoms with Crippen molar-refractivity contribution < 1.29 is 13.4 Å². The maximum absolute atomic E-state index is 13.9. The predicted molar refractivity (Wildman–Crippen MR) is 135 cm³/mol. The molecular formula is C28H29FNOSi+.